The Morgan fingerprint density at radius 1 is 1.18 bits per heavy atom. The van der Waals surface area contributed by atoms with E-state index in [4.69, 9.17) is 13.9 Å². The second-order valence-corrected chi connectivity index (χ2v) is 6.46. The predicted octanol–water partition coefficient (Wildman–Crippen LogP) is 3.22. The highest BCUT2D eigenvalue weighted by molar-refractivity contribution is 14.0. The summed E-state index contributed by atoms with van der Waals surface area (Å²) >= 11 is 0. The van der Waals surface area contributed by atoms with Crippen LogP contribution in [-0.4, -0.2) is 64.7 Å². The molecular formula is C20H31IN4O3. The smallest absolute Gasteiger partial charge is 0.193 e. The van der Waals surface area contributed by atoms with E-state index < -0.39 is 0 Å². The van der Waals surface area contributed by atoms with E-state index in [0.717, 1.165) is 28.8 Å². The molecule has 2 aromatic rings. The minimum absolute atomic E-state index is 0. The van der Waals surface area contributed by atoms with Crippen molar-refractivity contribution in [2.24, 2.45) is 4.99 Å². The first-order valence-electron chi connectivity index (χ1n) is 8.82. The number of halogens is 1. The van der Waals surface area contributed by atoms with Crippen LogP contribution in [0.15, 0.2) is 46.0 Å². The molecule has 1 heterocycles. The molecule has 7 nitrogen and oxygen atoms in total. The maximum absolute atomic E-state index is 5.57. The van der Waals surface area contributed by atoms with Gasteiger partial charge in [-0.05, 0) is 38.4 Å². The molecule has 0 radical (unpaired) electrons. The molecule has 0 fully saturated rings. The Balaban J connectivity index is 0.00000392. The molecule has 28 heavy (non-hydrogen) atoms. The van der Waals surface area contributed by atoms with Crippen molar-refractivity contribution in [3.8, 4) is 11.5 Å². The molecule has 1 unspecified atom stereocenters. The zero-order valence-corrected chi connectivity index (χ0v) is 19.8. The van der Waals surface area contributed by atoms with Gasteiger partial charge >= 0.3 is 0 Å². The molecule has 0 aliphatic heterocycles. The molecule has 0 aliphatic rings. The lowest BCUT2D eigenvalue weighted by molar-refractivity contribution is 0.256. The van der Waals surface area contributed by atoms with Crippen molar-refractivity contribution in [3.05, 3.63) is 47.9 Å². The van der Waals surface area contributed by atoms with Gasteiger partial charge in [0.25, 0.3) is 0 Å². The number of likely N-dealkylation sites (N-methyl/N-ethyl adjacent to an activating group) is 1. The number of hydrogen-bond acceptors (Lipinski definition) is 5. The van der Waals surface area contributed by atoms with E-state index in [2.05, 4.69) is 20.1 Å². The predicted molar refractivity (Wildman–Crippen MR) is 123 cm³/mol. The van der Waals surface area contributed by atoms with Crippen LogP contribution < -0.4 is 14.8 Å². The fraction of sp³-hybridized carbons (Fsp3) is 0.450. The van der Waals surface area contributed by atoms with Crippen LogP contribution in [0, 0.1) is 0 Å². The lowest BCUT2D eigenvalue weighted by atomic mass is 10.2. The Kier molecular flexibility index (Phi) is 10.2. The third kappa shape index (κ3) is 6.30. The fourth-order valence-electron chi connectivity index (χ4n) is 2.90. The van der Waals surface area contributed by atoms with Crippen molar-refractivity contribution in [2.75, 3.05) is 49.0 Å². The number of methoxy groups -OCH3 is 2. The van der Waals surface area contributed by atoms with Gasteiger partial charge in [0, 0.05) is 38.8 Å². The van der Waals surface area contributed by atoms with E-state index in [0.29, 0.717) is 13.1 Å². The van der Waals surface area contributed by atoms with Crippen LogP contribution in [0.4, 0.5) is 0 Å². The van der Waals surface area contributed by atoms with Gasteiger partial charge in [0.1, 0.15) is 17.3 Å². The number of hydrogen-bond donors (Lipinski definition) is 1. The van der Waals surface area contributed by atoms with Gasteiger partial charge < -0.3 is 24.1 Å². The van der Waals surface area contributed by atoms with Gasteiger partial charge in [0.05, 0.1) is 26.5 Å². The Morgan fingerprint density at radius 2 is 1.93 bits per heavy atom. The number of guanidine groups is 1. The number of furan rings is 1. The molecule has 1 aromatic heterocycles. The van der Waals surface area contributed by atoms with E-state index in [1.54, 1.807) is 27.5 Å². The molecule has 1 N–H and O–H groups in total. The number of rotatable bonds is 8. The molecule has 0 amide bonds. The van der Waals surface area contributed by atoms with Crippen molar-refractivity contribution in [1.82, 2.24) is 15.1 Å². The number of ether oxygens (including phenoxy) is 2. The van der Waals surface area contributed by atoms with Crippen molar-refractivity contribution >= 4 is 29.9 Å². The fourth-order valence-corrected chi connectivity index (χ4v) is 2.90. The van der Waals surface area contributed by atoms with Crippen LogP contribution in [0.1, 0.15) is 17.4 Å². The summed E-state index contributed by atoms with van der Waals surface area (Å²) in [5, 5.41) is 3.43. The summed E-state index contributed by atoms with van der Waals surface area (Å²) in [5.74, 6) is 3.28. The first kappa shape index (κ1) is 24.1. The third-order valence-corrected chi connectivity index (χ3v) is 4.42. The van der Waals surface area contributed by atoms with Gasteiger partial charge in [-0.3, -0.25) is 9.89 Å². The van der Waals surface area contributed by atoms with Gasteiger partial charge in [-0.1, -0.05) is 0 Å². The molecule has 0 aliphatic carbocycles. The highest BCUT2D eigenvalue weighted by atomic mass is 127. The Bertz CT molecular complexity index is 735. The van der Waals surface area contributed by atoms with Crippen LogP contribution in [0.3, 0.4) is 0 Å². The molecule has 0 saturated carbocycles. The minimum atomic E-state index is 0. The van der Waals surface area contributed by atoms with Crippen molar-refractivity contribution in [2.45, 2.75) is 12.6 Å². The molecule has 8 heteroatoms. The molecule has 1 atom stereocenters. The Labute approximate surface area is 184 Å². The van der Waals surface area contributed by atoms with Gasteiger partial charge in [0.2, 0.25) is 0 Å². The van der Waals surface area contributed by atoms with Crippen LogP contribution in [-0.2, 0) is 6.54 Å². The topological polar surface area (TPSA) is 62.5 Å². The van der Waals surface area contributed by atoms with Crippen LogP contribution in [0.5, 0.6) is 11.5 Å². The van der Waals surface area contributed by atoms with E-state index in [9.17, 15) is 0 Å². The number of nitrogens with zero attached hydrogens (tertiary/aromatic N) is 3. The molecule has 0 bridgehead atoms. The van der Waals surface area contributed by atoms with E-state index >= 15 is 0 Å². The van der Waals surface area contributed by atoms with Crippen LogP contribution in [0.2, 0.25) is 0 Å². The molecular weight excluding hydrogens is 471 g/mol. The SMILES string of the molecule is CN=C(NCC(c1ccco1)N(C)C)N(C)Cc1ccc(OC)cc1OC.I. The lowest BCUT2D eigenvalue weighted by Gasteiger charge is -2.27. The zero-order valence-electron chi connectivity index (χ0n) is 17.4. The molecule has 156 valence electrons. The molecule has 0 spiro atoms. The highest BCUT2D eigenvalue weighted by Gasteiger charge is 2.18. The summed E-state index contributed by atoms with van der Waals surface area (Å²) in [4.78, 5) is 8.57. The minimum Gasteiger partial charge on any atom is -0.497 e. The first-order chi connectivity index (χ1) is 13.0. The molecule has 0 saturated heterocycles. The van der Waals surface area contributed by atoms with E-state index in [-0.39, 0.29) is 30.0 Å². The first-order valence-corrected chi connectivity index (χ1v) is 8.82. The van der Waals surface area contributed by atoms with E-state index in [1.807, 2.05) is 51.5 Å². The van der Waals surface area contributed by atoms with Crippen LogP contribution >= 0.6 is 24.0 Å². The summed E-state index contributed by atoms with van der Waals surface area (Å²) in [6, 6.07) is 9.83. The molecule has 2 rings (SSSR count). The normalized spacial score (nSPS) is 12.3. The lowest BCUT2D eigenvalue weighted by Crippen LogP contribution is -2.42. The summed E-state index contributed by atoms with van der Waals surface area (Å²) < 4.78 is 16.3. The highest BCUT2D eigenvalue weighted by Crippen LogP contribution is 2.25. The standard InChI is InChI=1S/C20H30N4O3.HI/c1-21-20(22-13-17(23(2)3)18-8-7-11-27-18)24(4)14-15-9-10-16(25-5)12-19(15)26-6;/h7-12,17H,13-14H2,1-6H3,(H,21,22);1H. The summed E-state index contributed by atoms with van der Waals surface area (Å²) in [5.41, 5.74) is 1.05. The summed E-state index contributed by atoms with van der Waals surface area (Å²) in [6.07, 6.45) is 1.70. The number of aliphatic imine (C=N–C) groups is 1. The summed E-state index contributed by atoms with van der Waals surface area (Å²) in [7, 11) is 11.1. The average Bonchev–Trinajstić information content (AvgIpc) is 3.19. The number of benzene rings is 1. The third-order valence-electron chi connectivity index (χ3n) is 4.42. The van der Waals surface area contributed by atoms with Gasteiger partial charge in [-0.15, -0.1) is 24.0 Å². The van der Waals surface area contributed by atoms with Crippen molar-refractivity contribution < 1.29 is 13.9 Å². The second kappa shape index (κ2) is 11.8. The van der Waals surface area contributed by atoms with Gasteiger partial charge in [-0.25, -0.2) is 0 Å². The van der Waals surface area contributed by atoms with Gasteiger partial charge in [0.15, 0.2) is 5.96 Å². The number of nitrogens with one attached hydrogen (secondary N) is 1. The Hall–Kier alpha value is -1.94. The van der Waals surface area contributed by atoms with Crippen molar-refractivity contribution in [3.63, 3.8) is 0 Å². The van der Waals surface area contributed by atoms with Crippen LogP contribution in [0.25, 0.3) is 0 Å². The summed E-state index contributed by atoms with van der Waals surface area (Å²) in [6.45, 7) is 1.33. The second-order valence-electron chi connectivity index (χ2n) is 6.46. The van der Waals surface area contributed by atoms with Gasteiger partial charge in [-0.2, -0.15) is 0 Å². The quantitative estimate of drug-likeness (QED) is 0.340. The monoisotopic (exact) mass is 502 g/mol. The largest absolute Gasteiger partial charge is 0.497 e. The average molecular weight is 502 g/mol. The zero-order chi connectivity index (χ0) is 19.8. The maximum atomic E-state index is 5.57. The Morgan fingerprint density at radius 3 is 2.46 bits per heavy atom. The van der Waals surface area contributed by atoms with E-state index in [1.165, 1.54) is 0 Å². The maximum Gasteiger partial charge on any atom is 0.193 e. The van der Waals surface area contributed by atoms with Crippen molar-refractivity contribution in [1.29, 1.82) is 0 Å². The molecule has 1 aromatic carbocycles.